The van der Waals surface area contributed by atoms with Crippen LogP contribution in [0.15, 0.2) is 36.4 Å². The smallest absolute Gasteiger partial charge is 0.279 e. The van der Waals surface area contributed by atoms with E-state index in [9.17, 15) is 24.8 Å². The van der Waals surface area contributed by atoms with Crippen molar-refractivity contribution in [3.8, 4) is 17.2 Å². The number of anilines is 1. The molecule has 4 aromatic rings. The zero-order chi connectivity index (χ0) is 27.3. The highest BCUT2D eigenvalue weighted by Gasteiger charge is 2.37. The van der Waals surface area contributed by atoms with Crippen molar-refractivity contribution in [1.29, 1.82) is 0 Å². The Hall–Kier alpha value is -4.84. The van der Waals surface area contributed by atoms with E-state index in [-0.39, 0.29) is 35.5 Å². The molecule has 2 heterocycles. The lowest BCUT2D eigenvalue weighted by Crippen LogP contribution is -2.30. The molecule has 0 fully saturated rings. The molecule has 38 heavy (non-hydrogen) atoms. The van der Waals surface area contributed by atoms with E-state index in [1.54, 1.807) is 18.2 Å². The van der Waals surface area contributed by atoms with E-state index in [1.165, 1.54) is 44.4 Å². The number of hydrogen-bond donors (Lipinski definition) is 3. The molecule has 1 unspecified atom stereocenters. The number of nitro groups is 1. The topological polar surface area (TPSA) is 170 Å². The summed E-state index contributed by atoms with van der Waals surface area (Å²) in [7, 11) is 4.43. The van der Waals surface area contributed by atoms with Gasteiger partial charge in [0, 0.05) is 29.5 Å². The van der Waals surface area contributed by atoms with Crippen molar-refractivity contribution in [1.82, 2.24) is 4.98 Å². The van der Waals surface area contributed by atoms with Crippen LogP contribution < -0.4 is 24.8 Å². The number of fused-ring (bicyclic) bond motifs is 4. The molecule has 2 amide bonds. The zero-order valence-corrected chi connectivity index (χ0v) is 20.7. The number of nitro benzene ring substituents is 1. The van der Waals surface area contributed by atoms with Crippen molar-refractivity contribution < 1.29 is 33.8 Å². The minimum Gasteiger partial charge on any atom is -0.493 e. The minimum absolute atomic E-state index is 0.0949. The highest BCUT2D eigenvalue weighted by atomic mass is 16.6. The Morgan fingerprint density at radius 1 is 1.11 bits per heavy atom. The molecule has 0 saturated heterocycles. The third-order valence-electron chi connectivity index (χ3n) is 6.83. The summed E-state index contributed by atoms with van der Waals surface area (Å²) in [6.07, 6.45) is 0. The number of rotatable bonds is 7. The molecule has 1 aliphatic heterocycles. The van der Waals surface area contributed by atoms with Gasteiger partial charge in [-0.3, -0.25) is 19.7 Å². The van der Waals surface area contributed by atoms with Gasteiger partial charge in [-0.05, 0) is 35.2 Å². The van der Waals surface area contributed by atoms with Crippen LogP contribution in [0.25, 0.3) is 21.7 Å². The van der Waals surface area contributed by atoms with Crippen molar-refractivity contribution in [3.05, 3.63) is 63.3 Å². The van der Waals surface area contributed by atoms with Crippen LogP contribution in [0, 0.1) is 10.1 Å². The Bertz CT molecular complexity index is 1640. The first-order valence-electron chi connectivity index (χ1n) is 11.5. The van der Waals surface area contributed by atoms with Crippen molar-refractivity contribution in [2.45, 2.75) is 5.92 Å². The number of nitrogens with zero attached hydrogens (tertiary/aromatic N) is 2. The standard InChI is InChI=1S/C26H24N4O8/c1-36-20-8-13-7-17(28-22(13)24(38-3)23(20)37-2)26(33)29-10-14(11-31)21-15-5-4-12(25(27)32)6-16(15)18(30(34)35)9-19(21)29/h4-9,14,28,31H,10-11H2,1-3H3,(H2,27,32). The first kappa shape index (κ1) is 24.8. The van der Waals surface area contributed by atoms with Gasteiger partial charge in [-0.1, -0.05) is 6.07 Å². The number of aromatic amines is 1. The maximum Gasteiger partial charge on any atom is 0.279 e. The van der Waals surface area contributed by atoms with Crippen LogP contribution in [0.4, 0.5) is 11.4 Å². The Balaban J connectivity index is 1.68. The SMILES string of the molecule is COc1cc2cc(C(=O)N3CC(CO)c4c3cc([N+](=O)[O-])c3cc(C(N)=O)ccc43)[nH]c2c(OC)c1OC. The molecule has 3 aromatic carbocycles. The van der Waals surface area contributed by atoms with Gasteiger partial charge in [0.15, 0.2) is 11.5 Å². The second-order valence-electron chi connectivity index (χ2n) is 8.80. The Morgan fingerprint density at radius 3 is 2.45 bits per heavy atom. The van der Waals surface area contributed by atoms with Crippen LogP contribution in [0.5, 0.6) is 17.2 Å². The molecule has 0 bridgehead atoms. The van der Waals surface area contributed by atoms with Gasteiger partial charge < -0.3 is 34.9 Å². The fourth-order valence-electron chi connectivity index (χ4n) is 5.13. The molecule has 0 saturated carbocycles. The highest BCUT2D eigenvalue weighted by Crippen LogP contribution is 2.47. The number of ether oxygens (including phenoxy) is 3. The van der Waals surface area contributed by atoms with Crippen LogP contribution in [0.3, 0.4) is 0 Å². The molecule has 196 valence electrons. The van der Waals surface area contributed by atoms with E-state index in [0.717, 1.165) is 0 Å². The summed E-state index contributed by atoms with van der Waals surface area (Å²) in [5.74, 6) is -0.564. The number of amides is 2. The number of aliphatic hydroxyl groups excluding tert-OH is 1. The van der Waals surface area contributed by atoms with Crippen molar-refractivity contribution in [2.24, 2.45) is 5.73 Å². The van der Waals surface area contributed by atoms with Crippen LogP contribution in [0.1, 0.15) is 32.3 Å². The second-order valence-corrected chi connectivity index (χ2v) is 8.80. The van der Waals surface area contributed by atoms with E-state index in [4.69, 9.17) is 19.9 Å². The Labute approximate surface area is 215 Å². The zero-order valence-electron chi connectivity index (χ0n) is 20.7. The monoisotopic (exact) mass is 520 g/mol. The quantitative estimate of drug-likeness (QED) is 0.246. The summed E-state index contributed by atoms with van der Waals surface area (Å²) < 4.78 is 16.3. The number of carbonyl (C=O) groups excluding carboxylic acids is 2. The number of carbonyl (C=O) groups is 2. The van der Waals surface area contributed by atoms with Gasteiger partial charge in [-0.2, -0.15) is 0 Å². The fourth-order valence-corrected chi connectivity index (χ4v) is 5.13. The third-order valence-corrected chi connectivity index (χ3v) is 6.83. The molecule has 12 heteroatoms. The summed E-state index contributed by atoms with van der Waals surface area (Å²) in [5.41, 5.74) is 6.81. The molecular formula is C26H24N4O8. The molecule has 1 atom stereocenters. The molecule has 1 aromatic heterocycles. The van der Waals surface area contributed by atoms with E-state index in [1.807, 2.05) is 0 Å². The second kappa shape index (κ2) is 9.23. The third kappa shape index (κ3) is 3.65. The Kier molecular flexibility index (Phi) is 6.03. The predicted molar refractivity (Wildman–Crippen MR) is 139 cm³/mol. The summed E-state index contributed by atoms with van der Waals surface area (Å²) in [6, 6.07) is 9.02. The molecule has 5 rings (SSSR count). The number of aliphatic hydroxyl groups is 1. The molecule has 4 N–H and O–H groups in total. The van der Waals surface area contributed by atoms with Gasteiger partial charge >= 0.3 is 0 Å². The van der Waals surface area contributed by atoms with E-state index < -0.39 is 22.7 Å². The summed E-state index contributed by atoms with van der Waals surface area (Å²) >= 11 is 0. The van der Waals surface area contributed by atoms with E-state index in [0.29, 0.717) is 44.8 Å². The van der Waals surface area contributed by atoms with Crippen LogP contribution in [0.2, 0.25) is 0 Å². The van der Waals surface area contributed by atoms with Crippen molar-refractivity contribution in [3.63, 3.8) is 0 Å². The van der Waals surface area contributed by atoms with Crippen molar-refractivity contribution >= 4 is 44.9 Å². The normalized spacial score (nSPS) is 14.5. The van der Waals surface area contributed by atoms with Gasteiger partial charge in [-0.25, -0.2) is 0 Å². The van der Waals surface area contributed by atoms with Crippen LogP contribution >= 0.6 is 0 Å². The number of nitrogens with one attached hydrogen (secondary N) is 1. The van der Waals surface area contributed by atoms with Gasteiger partial charge in [0.2, 0.25) is 11.7 Å². The number of non-ortho nitro benzene ring substituents is 1. The van der Waals surface area contributed by atoms with Crippen LogP contribution in [-0.4, -0.2) is 61.3 Å². The first-order valence-corrected chi connectivity index (χ1v) is 11.5. The number of aromatic nitrogens is 1. The molecule has 0 spiro atoms. The lowest BCUT2D eigenvalue weighted by molar-refractivity contribution is -0.383. The molecule has 1 aliphatic rings. The maximum atomic E-state index is 13.8. The average molecular weight is 520 g/mol. The lowest BCUT2D eigenvalue weighted by Gasteiger charge is -2.17. The number of H-pyrrole nitrogens is 1. The number of benzene rings is 3. The highest BCUT2D eigenvalue weighted by molar-refractivity contribution is 6.13. The van der Waals surface area contributed by atoms with Crippen molar-refractivity contribution in [2.75, 3.05) is 39.4 Å². The fraction of sp³-hybridized carbons (Fsp3) is 0.231. The lowest BCUT2D eigenvalue weighted by atomic mass is 9.93. The number of nitrogens with two attached hydrogens (primary N) is 1. The largest absolute Gasteiger partial charge is 0.493 e. The Morgan fingerprint density at radius 2 is 1.84 bits per heavy atom. The number of methoxy groups -OCH3 is 3. The summed E-state index contributed by atoms with van der Waals surface area (Å²) in [5, 5.41) is 23.4. The molecule has 0 radical (unpaired) electrons. The molecule has 12 nitrogen and oxygen atoms in total. The number of hydrogen-bond acceptors (Lipinski definition) is 8. The average Bonchev–Trinajstić information content (AvgIpc) is 3.52. The minimum atomic E-state index is -0.722. The van der Waals surface area contributed by atoms with Crippen LogP contribution in [-0.2, 0) is 0 Å². The van der Waals surface area contributed by atoms with Gasteiger partial charge in [0.25, 0.3) is 11.6 Å². The van der Waals surface area contributed by atoms with Gasteiger partial charge in [0.05, 0.1) is 49.4 Å². The first-order chi connectivity index (χ1) is 18.2. The van der Waals surface area contributed by atoms with E-state index >= 15 is 0 Å². The van der Waals surface area contributed by atoms with Gasteiger partial charge in [-0.15, -0.1) is 0 Å². The van der Waals surface area contributed by atoms with E-state index in [2.05, 4.69) is 4.98 Å². The van der Waals surface area contributed by atoms with Gasteiger partial charge in [0.1, 0.15) is 5.69 Å². The molecule has 0 aliphatic carbocycles. The number of primary amides is 1. The predicted octanol–water partition coefficient (Wildman–Crippen LogP) is 3.09. The summed E-state index contributed by atoms with van der Waals surface area (Å²) in [6.45, 7) is -0.201. The molecular weight excluding hydrogens is 496 g/mol. The maximum absolute atomic E-state index is 13.8. The summed E-state index contributed by atoms with van der Waals surface area (Å²) in [4.78, 5) is 41.4.